The number of nitrogen functional groups attached to an aromatic ring is 1. The van der Waals surface area contributed by atoms with Gasteiger partial charge < -0.3 is 16.0 Å². The second kappa shape index (κ2) is 6.37. The fourth-order valence-electron chi connectivity index (χ4n) is 1.79. The summed E-state index contributed by atoms with van der Waals surface area (Å²) >= 11 is 9.55. The molecule has 0 heterocycles. The first-order valence-corrected chi connectivity index (χ1v) is 7.39. The Labute approximate surface area is 137 Å². The lowest BCUT2D eigenvalue weighted by Crippen LogP contribution is -2.21. The van der Waals surface area contributed by atoms with Crippen molar-refractivity contribution in [2.45, 2.75) is 0 Å². The van der Waals surface area contributed by atoms with Crippen molar-refractivity contribution in [3.05, 3.63) is 51.5 Å². The minimum Gasteiger partial charge on any atom is -0.397 e. The molecular formula is C15H15BrClN3O. The molecule has 2 aromatic rings. The van der Waals surface area contributed by atoms with Gasteiger partial charge in [0, 0.05) is 24.1 Å². The van der Waals surface area contributed by atoms with Crippen LogP contribution in [0.5, 0.6) is 0 Å². The number of hydrogen-bond donors (Lipinski definition) is 2. The summed E-state index contributed by atoms with van der Waals surface area (Å²) in [6, 6.07) is 10.6. The van der Waals surface area contributed by atoms with E-state index in [9.17, 15) is 4.79 Å². The molecule has 0 fully saturated rings. The molecule has 110 valence electrons. The van der Waals surface area contributed by atoms with Crippen LogP contribution < -0.4 is 11.1 Å². The molecule has 0 aliphatic heterocycles. The maximum atomic E-state index is 12.0. The van der Waals surface area contributed by atoms with Crippen molar-refractivity contribution < 1.29 is 4.79 Å². The van der Waals surface area contributed by atoms with E-state index in [-0.39, 0.29) is 5.91 Å². The van der Waals surface area contributed by atoms with E-state index in [1.807, 2.05) is 12.1 Å². The van der Waals surface area contributed by atoms with Gasteiger partial charge in [-0.15, -0.1) is 0 Å². The molecule has 0 aliphatic carbocycles. The van der Waals surface area contributed by atoms with Crippen LogP contribution in [0.2, 0.25) is 5.02 Å². The summed E-state index contributed by atoms with van der Waals surface area (Å²) < 4.78 is 0.897. The van der Waals surface area contributed by atoms with Crippen LogP contribution >= 0.6 is 27.5 Å². The Morgan fingerprint density at radius 3 is 2.57 bits per heavy atom. The van der Waals surface area contributed by atoms with Gasteiger partial charge in [0.1, 0.15) is 0 Å². The van der Waals surface area contributed by atoms with Crippen LogP contribution in [-0.2, 0) is 0 Å². The van der Waals surface area contributed by atoms with Gasteiger partial charge in [-0.1, -0.05) is 27.5 Å². The van der Waals surface area contributed by atoms with Crippen LogP contribution in [0.15, 0.2) is 40.9 Å². The minimum absolute atomic E-state index is 0.0848. The van der Waals surface area contributed by atoms with Gasteiger partial charge in [0.2, 0.25) is 0 Å². The second-order valence-corrected chi connectivity index (χ2v) is 6.07. The van der Waals surface area contributed by atoms with Gasteiger partial charge in [0.25, 0.3) is 5.91 Å². The van der Waals surface area contributed by atoms with Crippen LogP contribution in [-0.4, -0.2) is 24.9 Å². The highest BCUT2D eigenvalue weighted by Crippen LogP contribution is 2.31. The molecule has 0 atom stereocenters. The molecule has 0 radical (unpaired) electrons. The molecule has 21 heavy (non-hydrogen) atoms. The molecule has 3 N–H and O–H groups in total. The number of carbonyl (C=O) groups excluding carboxylic acids is 1. The molecule has 0 spiro atoms. The van der Waals surface area contributed by atoms with Crippen molar-refractivity contribution in [2.75, 3.05) is 25.1 Å². The summed E-state index contributed by atoms with van der Waals surface area (Å²) in [6.45, 7) is 0. The fraction of sp³-hybridized carbons (Fsp3) is 0.133. The number of benzene rings is 2. The first-order chi connectivity index (χ1) is 9.88. The molecule has 0 aromatic heterocycles. The number of nitrogens with one attached hydrogen (secondary N) is 1. The van der Waals surface area contributed by atoms with E-state index in [1.54, 1.807) is 38.4 Å². The summed E-state index contributed by atoms with van der Waals surface area (Å²) in [4.78, 5) is 13.5. The minimum atomic E-state index is -0.0848. The average Bonchev–Trinajstić information content (AvgIpc) is 2.44. The molecule has 6 heteroatoms. The van der Waals surface area contributed by atoms with Gasteiger partial charge in [-0.05, 0) is 36.4 Å². The van der Waals surface area contributed by atoms with E-state index in [4.69, 9.17) is 17.3 Å². The van der Waals surface area contributed by atoms with Crippen LogP contribution in [0.4, 0.5) is 17.1 Å². The zero-order valence-electron chi connectivity index (χ0n) is 11.7. The zero-order chi connectivity index (χ0) is 15.6. The molecule has 0 aliphatic rings. The maximum absolute atomic E-state index is 12.0. The Balaban J connectivity index is 2.37. The number of rotatable bonds is 3. The third-order valence-electron chi connectivity index (χ3n) is 2.90. The predicted octanol–water partition coefficient (Wildman–Crippen LogP) is 4.13. The van der Waals surface area contributed by atoms with Crippen molar-refractivity contribution in [3.8, 4) is 0 Å². The van der Waals surface area contributed by atoms with E-state index >= 15 is 0 Å². The number of carbonyl (C=O) groups is 1. The van der Waals surface area contributed by atoms with Crippen LogP contribution in [0, 0.1) is 0 Å². The van der Waals surface area contributed by atoms with Gasteiger partial charge in [-0.25, -0.2) is 0 Å². The predicted molar refractivity (Wildman–Crippen MR) is 91.3 cm³/mol. The molecule has 1 amide bonds. The highest BCUT2D eigenvalue weighted by Gasteiger charge is 2.11. The van der Waals surface area contributed by atoms with Crippen molar-refractivity contribution in [3.63, 3.8) is 0 Å². The third kappa shape index (κ3) is 3.68. The van der Waals surface area contributed by atoms with Gasteiger partial charge in [-0.3, -0.25) is 4.79 Å². The summed E-state index contributed by atoms with van der Waals surface area (Å²) in [5, 5.41) is 3.73. The van der Waals surface area contributed by atoms with Crippen LogP contribution in [0.3, 0.4) is 0 Å². The van der Waals surface area contributed by atoms with Crippen molar-refractivity contribution in [2.24, 2.45) is 0 Å². The Hall–Kier alpha value is -1.72. The van der Waals surface area contributed by atoms with Crippen LogP contribution in [0.1, 0.15) is 10.4 Å². The Kier molecular flexibility index (Phi) is 4.75. The third-order valence-corrected chi connectivity index (χ3v) is 3.73. The number of nitrogens with two attached hydrogens (primary N) is 1. The summed E-state index contributed by atoms with van der Waals surface area (Å²) in [6.07, 6.45) is 0. The molecule has 4 nitrogen and oxygen atoms in total. The monoisotopic (exact) mass is 367 g/mol. The smallest absolute Gasteiger partial charge is 0.253 e. The van der Waals surface area contributed by atoms with Gasteiger partial charge >= 0.3 is 0 Å². The van der Waals surface area contributed by atoms with E-state index in [1.165, 1.54) is 4.90 Å². The molecule has 0 saturated carbocycles. The van der Waals surface area contributed by atoms with E-state index < -0.39 is 0 Å². The topological polar surface area (TPSA) is 58.4 Å². The van der Waals surface area contributed by atoms with Gasteiger partial charge in [-0.2, -0.15) is 0 Å². The lowest BCUT2D eigenvalue weighted by Gasteiger charge is -2.15. The number of nitrogens with zero attached hydrogens (tertiary/aromatic N) is 1. The summed E-state index contributed by atoms with van der Waals surface area (Å²) in [5.74, 6) is -0.0848. The highest BCUT2D eigenvalue weighted by atomic mass is 79.9. The lowest BCUT2D eigenvalue weighted by atomic mass is 10.1. The lowest BCUT2D eigenvalue weighted by molar-refractivity contribution is 0.0827. The second-order valence-electron chi connectivity index (χ2n) is 4.75. The molecule has 2 rings (SSSR count). The molecule has 2 aromatic carbocycles. The summed E-state index contributed by atoms with van der Waals surface area (Å²) in [7, 11) is 3.41. The van der Waals surface area contributed by atoms with E-state index in [0.29, 0.717) is 27.6 Å². The van der Waals surface area contributed by atoms with E-state index in [0.717, 1.165) is 4.47 Å². The van der Waals surface area contributed by atoms with E-state index in [2.05, 4.69) is 21.2 Å². The molecular weight excluding hydrogens is 354 g/mol. The Morgan fingerprint density at radius 2 is 1.90 bits per heavy atom. The average molecular weight is 369 g/mol. The molecule has 0 unspecified atom stereocenters. The standard InChI is InChI=1S/C15H15BrClN3O/c1-20(2)15(21)9-3-6-12(18)14(7-9)19-13-8-10(16)4-5-11(13)17/h3-8,19H,18H2,1-2H3. The fourth-order valence-corrected chi connectivity index (χ4v) is 2.32. The quantitative estimate of drug-likeness (QED) is 0.801. The van der Waals surface area contributed by atoms with Gasteiger partial charge in [0.05, 0.1) is 22.1 Å². The van der Waals surface area contributed by atoms with Gasteiger partial charge in [0.15, 0.2) is 0 Å². The number of halogens is 2. The largest absolute Gasteiger partial charge is 0.397 e. The number of anilines is 3. The van der Waals surface area contributed by atoms with Crippen molar-refractivity contribution >= 4 is 50.5 Å². The maximum Gasteiger partial charge on any atom is 0.253 e. The van der Waals surface area contributed by atoms with Crippen molar-refractivity contribution in [1.29, 1.82) is 0 Å². The summed E-state index contributed by atoms with van der Waals surface area (Å²) in [5.41, 5.74) is 8.42. The normalized spacial score (nSPS) is 10.3. The Bertz CT molecular complexity index is 689. The zero-order valence-corrected chi connectivity index (χ0v) is 14.0. The molecule has 0 bridgehead atoms. The number of hydrogen-bond acceptors (Lipinski definition) is 3. The molecule has 0 saturated heterocycles. The highest BCUT2D eigenvalue weighted by molar-refractivity contribution is 9.10. The first-order valence-electron chi connectivity index (χ1n) is 6.21. The first kappa shape index (κ1) is 15.7. The SMILES string of the molecule is CN(C)C(=O)c1ccc(N)c(Nc2cc(Br)ccc2Cl)c1. The van der Waals surface area contributed by atoms with Crippen molar-refractivity contribution in [1.82, 2.24) is 4.90 Å². The van der Waals surface area contributed by atoms with Crippen LogP contribution in [0.25, 0.3) is 0 Å². The Morgan fingerprint density at radius 1 is 1.19 bits per heavy atom. The number of amides is 1.